The number of nitrogens with zero attached hydrogens (tertiary/aromatic N) is 1. The van der Waals surface area contributed by atoms with Gasteiger partial charge in [0.1, 0.15) is 17.6 Å². The smallest absolute Gasteiger partial charge is 0.252 e. The molecule has 7 heteroatoms. The second-order valence-corrected chi connectivity index (χ2v) is 11.6. The van der Waals surface area contributed by atoms with Crippen LogP contribution >= 0.6 is 0 Å². The quantitative estimate of drug-likeness (QED) is 0.354. The molecule has 39 heavy (non-hydrogen) atoms. The molecule has 2 aliphatic rings. The lowest BCUT2D eigenvalue weighted by molar-refractivity contribution is -0.124. The Morgan fingerprint density at radius 2 is 1.87 bits per heavy atom. The van der Waals surface area contributed by atoms with Crippen molar-refractivity contribution in [2.24, 2.45) is 11.8 Å². The van der Waals surface area contributed by atoms with Gasteiger partial charge in [0.15, 0.2) is 0 Å². The molecule has 1 heterocycles. The summed E-state index contributed by atoms with van der Waals surface area (Å²) < 4.78 is 19.0. The standard InChI is InChI=1S/C32H44FN3O3/c1-22(2)18-27(21-36-17-16-24-19-26(33)13-15-30(24)36)34-32(38)29(14-12-23-8-5-4-6-9-23)35-31(37)25-10-7-11-28(20-25)39-3/h7,10-11,13,15,19-20,22-23,27,29H,4-6,8-9,12,14,16-18,21H2,1-3H3,(H,34,38)(H,35,37)/t27-,29-/m0/s1. The van der Waals surface area contributed by atoms with Gasteiger partial charge in [-0.25, -0.2) is 4.39 Å². The van der Waals surface area contributed by atoms with E-state index >= 15 is 0 Å². The van der Waals surface area contributed by atoms with Crippen LogP contribution in [0.5, 0.6) is 5.75 Å². The van der Waals surface area contributed by atoms with Crippen LogP contribution in [0.3, 0.4) is 0 Å². The number of carbonyl (C=O) groups is 2. The number of carbonyl (C=O) groups excluding carboxylic acids is 2. The number of anilines is 1. The largest absolute Gasteiger partial charge is 0.497 e. The van der Waals surface area contributed by atoms with Gasteiger partial charge in [0.25, 0.3) is 5.91 Å². The molecule has 0 radical (unpaired) electrons. The van der Waals surface area contributed by atoms with E-state index < -0.39 is 6.04 Å². The summed E-state index contributed by atoms with van der Waals surface area (Å²) in [5, 5.41) is 6.33. The topological polar surface area (TPSA) is 70.7 Å². The summed E-state index contributed by atoms with van der Waals surface area (Å²) in [7, 11) is 1.57. The van der Waals surface area contributed by atoms with Gasteiger partial charge >= 0.3 is 0 Å². The number of fused-ring (bicyclic) bond motifs is 1. The second kappa shape index (κ2) is 13.8. The number of amides is 2. The third kappa shape index (κ3) is 8.20. The lowest BCUT2D eigenvalue weighted by atomic mass is 9.85. The van der Waals surface area contributed by atoms with Crippen LogP contribution in [0.15, 0.2) is 42.5 Å². The second-order valence-electron chi connectivity index (χ2n) is 11.6. The minimum Gasteiger partial charge on any atom is -0.497 e. The van der Waals surface area contributed by atoms with Crippen LogP contribution in [0.2, 0.25) is 0 Å². The Hall–Kier alpha value is -3.09. The summed E-state index contributed by atoms with van der Waals surface area (Å²) in [5.41, 5.74) is 2.53. The highest BCUT2D eigenvalue weighted by atomic mass is 19.1. The first-order chi connectivity index (χ1) is 18.8. The van der Waals surface area contributed by atoms with E-state index in [0.717, 1.165) is 37.1 Å². The van der Waals surface area contributed by atoms with Crippen molar-refractivity contribution in [3.8, 4) is 5.75 Å². The van der Waals surface area contributed by atoms with E-state index in [0.29, 0.717) is 36.1 Å². The van der Waals surface area contributed by atoms with Gasteiger partial charge in [-0.2, -0.15) is 0 Å². The molecule has 0 spiro atoms. The molecule has 212 valence electrons. The molecule has 2 atom stereocenters. The molecule has 1 aliphatic carbocycles. The number of nitrogens with one attached hydrogen (secondary N) is 2. The predicted molar refractivity (Wildman–Crippen MR) is 154 cm³/mol. The molecule has 2 aromatic carbocycles. The van der Waals surface area contributed by atoms with Crippen LogP contribution in [0.25, 0.3) is 0 Å². The first-order valence-electron chi connectivity index (χ1n) is 14.6. The molecule has 2 aromatic rings. The van der Waals surface area contributed by atoms with Gasteiger partial charge in [0.2, 0.25) is 5.91 Å². The summed E-state index contributed by atoms with van der Waals surface area (Å²) in [4.78, 5) is 29.2. The SMILES string of the molecule is COc1cccc(C(=O)N[C@@H](CCC2CCCCC2)C(=O)N[C@@H](CC(C)C)CN2CCc3cc(F)ccc32)c1. The van der Waals surface area contributed by atoms with Crippen LogP contribution < -0.4 is 20.3 Å². The van der Waals surface area contributed by atoms with Crippen molar-refractivity contribution in [3.63, 3.8) is 0 Å². The maximum absolute atomic E-state index is 13.7. The summed E-state index contributed by atoms with van der Waals surface area (Å²) in [5.74, 6) is 0.983. The van der Waals surface area contributed by atoms with E-state index in [2.05, 4.69) is 29.4 Å². The maximum atomic E-state index is 13.7. The van der Waals surface area contributed by atoms with Gasteiger partial charge in [-0.3, -0.25) is 9.59 Å². The van der Waals surface area contributed by atoms with Crippen molar-refractivity contribution >= 4 is 17.5 Å². The number of ether oxygens (including phenoxy) is 1. The Morgan fingerprint density at radius 1 is 1.08 bits per heavy atom. The zero-order valence-corrected chi connectivity index (χ0v) is 23.7. The van der Waals surface area contributed by atoms with Crippen LogP contribution in [-0.4, -0.2) is 44.1 Å². The predicted octanol–water partition coefficient (Wildman–Crippen LogP) is 5.89. The van der Waals surface area contributed by atoms with E-state index in [1.165, 1.54) is 38.2 Å². The lowest BCUT2D eigenvalue weighted by Crippen LogP contribution is -2.52. The average molecular weight is 538 g/mol. The molecule has 0 bridgehead atoms. The first kappa shape index (κ1) is 28.9. The van der Waals surface area contributed by atoms with Gasteiger partial charge < -0.3 is 20.3 Å². The van der Waals surface area contributed by atoms with E-state index in [-0.39, 0.29) is 23.7 Å². The zero-order valence-electron chi connectivity index (χ0n) is 23.7. The molecule has 4 rings (SSSR count). The van der Waals surface area contributed by atoms with Gasteiger partial charge in [-0.05, 0) is 79.5 Å². The molecule has 0 aromatic heterocycles. The van der Waals surface area contributed by atoms with Crippen molar-refractivity contribution in [1.82, 2.24) is 10.6 Å². The van der Waals surface area contributed by atoms with E-state index in [9.17, 15) is 14.0 Å². The normalized spacial score (nSPS) is 17.0. The van der Waals surface area contributed by atoms with E-state index in [4.69, 9.17) is 4.74 Å². The van der Waals surface area contributed by atoms with Gasteiger partial charge in [-0.1, -0.05) is 52.0 Å². The monoisotopic (exact) mass is 537 g/mol. The Bertz CT molecular complexity index is 1120. The first-order valence-corrected chi connectivity index (χ1v) is 14.6. The number of methoxy groups -OCH3 is 1. The Kier molecular flexibility index (Phi) is 10.2. The minimum atomic E-state index is -0.611. The van der Waals surface area contributed by atoms with E-state index in [1.54, 1.807) is 37.4 Å². The number of hydrogen-bond acceptors (Lipinski definition) is 4. The van der Waals surface area contributed by atoms with Crippen molar-refractivity contribution in [2.45, 2.75) is 83.7 Å². The molecular weight excluding hydrogens is 493 g/mol. The molecule has 1 aliphatic heterocycles. The summed E-state index contributed by atoms with van der Waals surface area (Å²) in [6.45, 7) is 5.76. The number of halogens is 1. The van der Waals surface area contributed by atoms with Crippen molar-refractivity contribution < 1.29 is 18.7 Å². The lowest BCUT2D eigenvalue weighted by Gasteiger charge is -2.30. The average Bonchev–Trinajstić information content (AvgIpc) is 3.32. The highest BCUT2D eigenvalue weighted by molar-refractivity contribution is 5.97. The molecule has 0 saturated heterocycles. The number of hydrogen-bond donors (Lipinski definition) is 2. The zero-order chi connectivity index (χ0) is 27.8. The van der Waals surface area contributed by atoms with Crippen LogP contribution in [0.1, 0.15) is 81.1 Å². The van der Waals surface area contributed by atoms with Gasteiger partial charge in [0, 0.05) is 30.4 Å². The third-order valence-electron chi connectivity index (χ3n) is 8.12. The van der Waals surface area contributed by atoms with Crippen LogP contribution in [0, 0.1) is 17.7 Å². The molecule has 1 saturated carbocycles. The highest BCUT2D eigenvalue weighted by Crippen LogP contribution is 2.30. The van der Waals surface area contributed by atoms with Crippen molar-refractivity contribution in [1.29, 1.82) is 0 Å². The fourth-order valence-corrected chi connectivity index (χ4v) is 6.10. The highest BCUT2D eigenvalue weighted by Gasteiger charge is 2.28. The molecular formula is C32H44FN3O3. The number of rotatable bonds is 12. The third-order valence-corrected chi connectivity index (χ3v) is 8.12. The molecule has 1 fully saturated rings. The Balaban J connectivity index is 1.46. The summed E-state index contributed by atoms with van der Waals surface area (Å²) in [6.07, 6.45) is 9.34. The van der Waals surface area contributed by atoms with Crippen LogP contribution in [-0.2, 0) is 11.2 Å². The fraction of sp³-hybridized carbons (Fsp3) is 0.562. The molecule has 6 nitrogen and oxygen atoms in total. The van der Waals surface area contributed by atoms with E-state index in [1.807, 2.05) is 6.07 Å². The maximum Gasteiger partial charge on any atom is 0.252 e. The molecule has 2 N–H and O–H groups in total. The molecule has 0 unspecified atom stereocenters. The van der Waals surface area contributed by atoms with Crippen molar-refractivity contribution in [2.75, 3.05) is 25.1 Å². The Morgan fingerprint density at radius 3 is 2.62 bits per heavy atom. The van der Waals surface area contributed by atoms with Gasteiger partial charge in [0.05, 0.1) is 7.11 Å². The van der Waals surface area contributed by atoms with Gasteiger partial charge in [-0.15, -0.1) is 0 Å². The fourth-order valence-electron chi connectivity index (χ4n) is 6.10. The summed E-state index contributed by atoms with van der Waals surface area (Å²) >= 11 is 0. The minimum absolute atomic E-state index is 0.0839. The van der Waals surface area contributed by atoms with Crippen molar-refractivity contribution in [3.05, 3.63) is 59.4 Å². The molecule has 2 amide bonds. The Labute approximate surface area is 232 Å². The number of benzene rings is 2. The summed E-state index contributed by atoms with van der Waals surface area (Å²) in [6, 6.07) is 11.3. The van der Waals surface area contributed by atoms with Crippen LogP contribution in [0.4, 0.5) is 10.1 Å².